The Kier molecular flexibility index (Phi) is 2.83. The molecule has 6 nitrogen and oxygen atoms in total. The lowest BCUT2D eigenvalue weighted by atomic mass is 9.97. The van der Waals surface area contributed by atoms with Gasteiger partial charge in [0.1, 0.15) is 5.82 Å². The van der Waals surface area contributed by atoms with Gasteiger partial charge in [-0.2, -0.15) is 5.26 Å². The zero-order valence-electron chi connectivity index (χ0n) is 11.0. The van der Waals surface area contributed by atoms with Gasteiger partial charge in [0.2, 0.25) is 0 Å². The molecule has 0 radical (unpaired) electrons. The smallest absolute Gasteiger partial charge is 0.415 e. The second-order valence-electron chi connectivity index (χ2n) is 5.24. The van der Waals surface area contributed by atoms with Gasteiger partial charge in [-0.25, -0.2) is 9.18 Å². The van der Waals surface area contributed by atoms with Gasteiger partial charge in [0.15, 0.2) is 6.10 Å². The number of hydrogen-bond donors (Lipinski definition) is 1. The summed E-state index contributed by atoms with van der Waals surface area (Å²) >= 11 is 0. The second-order valence-corrected chi connectivity index (χ2v) is 5.24. The minimum atomic E-state index is -1.03. The lowest BCUT2D eigenvalue weighted by Crippen LogP contribution is -2.32. The fourth-order valence-corrected chi connectivity index (χ4v) is 2.45. The fourth-order valence-electron chi connectivity index (χ4n) is 2.45. The number of halogens is 1. The van der Waals surface area contributed by atoms with Crippen molar-refractivity contribution in [1.29, 1.82) is 5.26 Å². The first-order valence-corrected chi connectivity index (χ1v) is 6.45. The molecule has 108 valence electrons. The minimum absolute atomic E-state index is 0.0453. The Morgan fingerprint density at radius 2 is 2.24 bits per heavy atom. The molecule has 1 aliphatic heterocycles. The maximum absolute atomic E-state index is 14.2. The molecule has 1 atom stereocenters. The molecule has 0 aromatic heterocycles. The van der Waals surface area contributed by atoms with Crippen molar-refractivity contribution in [3.05, 3.63) is 29.6 Å². The van der Waals surface area contributed by atoms with E-state index in [4.69, 9.17) is 15.7 Å². The third-order valence-electron chi connectivity index (χ3n) is 3.87. The van der Waals surface area contributed by atoms with Crippen LogP contribution in [-0.2, 0) is 14.9 Å². The molecule has 2 aliphatic rings. The molecule has 1 saturated carbocycles. The average molecular weight is 289 g/mol. The quantitative estimate of drug-likeness (QED) is 0.903. The van der Waals surface area contributed by atoms with Gasteiger partial charge in [0.25, 0.3) is 5.91 Å². The number of cyclic esters (lactones) is 1. The first-order valence-electron chi connectivity index (χ1n) is 6.45. The van der Waals surface area contributed by atoms with Gasteiger partial charge in [-0.15, -0.1) is 0 Å². The maximum atomic E-state index is 14.2. The van der Waals surface area contributed by atoms with Gasteiger partial charge in [0.05, 0.1) is 23.7 Å². The number of hydrogen-bond acceptors (Lipinski definition) is 4. The lowest BCUT2D eigenvalue weighted by molar-refractivity contribution is -0.124. The van der Waals surface area contributed by atoms with Crippen molar-refractivity contribution in [3.63, 3.8) is 0 Å². The number of nitriles is 1. The van der Waals surface area contributed by atoms with Crippen molar-refractivity contribution < 1.29 is 18.7 Å². The molecule has 2 N–H and O–H groups in total. The number of nitrogens with two attached hydrogens (primary N) is 1. The third-order valence-corrected chi connectivity index (χ3v) is 3.87. The molecule has 21 heavy (non-hydrogen) atoms. The van der Waals surface area contributed by atoms with Crippen LogP contribution in [0.2, 0.25) is 0 Å². The molecule has 0 spiro atoms. The molecule has 1 aliphatic carbocycles. The number of carbonyl (C=O) groups is 2. The predicted molar refractivity (Wildman–Crippen MR) is 69.7 cm³/mol. The van der Waals surface area contributed by atoms with Crippen LogP contribution in [0.4, 0.5) is 14.9 Å². The Balaban J connectivity index is 1.88. The number of rotatable bonds is 3. The number of ether oxygens (including phenoxy) is 1. The van der Waals surface area contributed by atoms with Crippen LogP contribution < -0.4 is 10.6 Å². The van der Waals surface area contributed by atoms with Crippen LogP contribution in [0.5, 0.6) is 0 Å². The van der Waals surface area contributed by atoms with Gasteiger partial charge >= 0.3 is 6.09 Å². The van der Waals surface area contributed by atoms with Crippen LogP contribution in [0.3, 0.4) is 0 Å². The first kappa shape index (κ1) is 13.4. The summed E-state index contributed by atoms with van der Waals surface area (Å²) in [7, 11) is 0. The van der Waals surface area contributed by atoms with E-state index in [1.807, 2.05) is 0 Å². The molecule has 1 saturated heterocycles. The Morgan fingerprint density at radius 1 is 1.52 bits per heavy atom. The van der Waals surface area contributed by atoms with E-state index in [0.29, 0.717) is 18.4 Å². The van der Waals surface area contributed by atoms with Crippen LogP contribution in [0, 0.1) is 17.1 Å². The van der Waals surface area contributed by atoms with Gasteiger partial charge < -0.3 is 10.5 Å². The predicted octanol–water partition coefficient (Wildman–Crippen LogP) is 1.19. The third kappa shape index (κ3) is 2.09. The molecule has 2 fully saturated rings. The van der Waals surface area contributed by atoms with E-state index < -0.39 is 29.3 Å². The van der Waals surface area contributed by atoms with Gasteiger partial charge in [-0.1, -0.05) is 6.07 Å². The minimum Gasteiger partial charge on any atom is -0.434 e. The molecule has 0 unspecified atom stereocenters. The second kappa shape index (κ2) is 4.45. The Morgan fingerprint density at radius 3 is 2.71 bits per heavy atom. The highest BCUT2D eigenvalue weighted by Crippen LogP contribution is 2.48. The molecule has 0 bridgehead atoms. The summed E-state index contributed by atoms with van der Waals surface area (Å²) in [4.78, 5) is 23.9. The SMILES string of the molecule is N#CC1(c2ccc(N3C[C@H](C(N)=O)OC3=O)cc2F)CC1. The zero-order valence-corrected chi connectivity index (χ0v) is 11.0. The van der Waals surface area contributed by atoms with Crippen LogP contribution in [0.15, 0.2) is 18.2 Å². The normalized spacial score (nSPS) is 22.6. The van der Waals surface area contributed by atoms with Crippen LogP contribution in [0.1, 0.15) is 18.4 Å². The van der Waals surface area contributed by atoms with E-state index in [-0.39, 0.29) is 12.2 Å². The summed E-state index contributed by atoms with van der Waals surface area (Å²) < 4.78 is 19.0. The van der Waals surface area contributed by atoms with E-state index in [2.05, 4.69) is 6.07 Å². The standard InChI is InChI=1S/C14H12FN3O3/c15-10-5-8(1-2-9(10)14(7-16)3-4-14)18-6-11(12(17)19)21-13(18)20/h1-2,5,11H,3-4,6H2,(H2,17,19)/t11-/m1/s1. The van der Waals surface area contributed by atoms with Crippen molar-refractivity contribution in [1.82, 2.24) is 0 Å². The monoisotopic (exact) mass is 289 g/mol. The fraction of sp³-hybridized carbons (Fsp3) is 0.357. The maximum Gasteiger partial charge on any atom is 0.415 e. The number of nitrogens with zero attached hydrogens (tertiary/aromatic N) is 2. The molecule has 3 rings (SSSR count). The summed E-state index contributed by atoms with van der Waals surface area (Å²) in [5.41, 5.74) is 4.97. The Bertz CT molecular complexity index is 679. The molecule has 2 amide bonds. The van der Waals surface area contributed by atoms with E-state index in [0.717, 1.165) is 4.90 Å². The number of benzene rings is 1. The summed E-state index contributed by atoms with van der Waals surface area (Å²) in [6.45, 7) is -0.0453. The number of carbonyl (C=O) groups excluding carboxylic acids is 2. The highest BCUT2D eigenvalue weighted by molar-refractivity contribution is 5.95. The molecule has 1 aromatic rings. The van der Waals surface area contributed by atoms with E-state index >= 15 is 0 Å². The highest BCUT2D eigenvalue weighted by Gasteiger charge is 2.47. The Labute approximate surface area is 119 Å². The largest absolute Gasteiger partial charge is 0.434 e. The lowest BCUT2D eigenvalue weighted by Gasteiger charge is -2.15. The van der Waals surface area contributed by atoms with Crippen molar-refractivity contribution >= 4 is 17.7 Å². The topological polar surface area (TPSA) is 96.4 Å². The van der Waals surface area contributed by atoms with Crippen LogP contribution >= 0.6 is 0 Å². The molecule has 1 heterocycles. The summed E-state index contributed by atoms with van der Waals surface area (Å²) in [6.07, 6.45) is -0.508. The molecular formula is C14H12FN3O3. The summed E-state index contributed by atoms with van der Waals surface area (Å²) in [5.74, 6) is -1.29. The van der Waals surface area contributed by atoms with E-state index in [1.54, 1.807) is 6.07 Å². The van der Waals surface area contributed by atoms with Crippen molar-refractivity contribution in [3.8, 4) is 6.07 Å². The van der Waals surface area contributed by atoms with Gasteiger partial charge in [0, 0.05) is 5.56 Å². The Hall–Kier alpha value is -2.62. The molecule has 1 aromatic carbocycles. The zero-order chi connectivity index (χ0) is 15.2. The summed E-state index contributed by atoms with van der Waals surface area (Å²) in [5, 5.41) is 9.10. The van der Waals surface area contributed by atoms with Crippen LogP contribution in [0.25, 0.3) is 0 Å². The van der Waals surface area contributed by atoms with Gasteiger partial charge in [-0.05, 0) is 25.0 Å². The number of amides is 2. The highest BCUT2D eigenvalue weighted by atomic mass is 19.1. The van der Waals surface area contributed by atoms with Gasteiger partial charge in [-0.3, -0.25) is 9.69 Å². The van der Waals surface area contributed by atoms with E-state index in [1.165, 1.54) is 12.1 Å². The van der Waals surface area contributed by atoms with Crippen LogP contribution in [-0.4, -0.2) is 24.6 Å². The molecular weight excluding hydrogens is 277 g/mol. The van der Waals surface area contributed by atoms with E-state index in [9.17, 15) is 14.0 Å². The molecule has 7 heteroatoms. The van der Waals surface area contributed by atoms with Crippen molar-refractivity contribution in [2.24, 2.45) is 5.73 Å². The van der Waals surface area contributed by atoms with Crippen molar-refractivity contribution in [2.75, 3.05) is 11.4 Å². The van der Waals surface area contributed by atoms with Crippen molar-refractivity contribution in [2.45, 2.75) is 24.4 Å². The number of anilines is 1. The number of primary amides is 1. The first-order chi connectivity index (χ1) is 9.97. The average Bonchev–Trinajstić information content (AvgIpc) is 3.14. The summed E-state index contributed by atoms with van der Waals surface area (Å²) in [6, 6.07) is 6.35.